The smallest absolute Gasteiger partial charge is 0.264 e. The molecule has 0 fully saturated rings. The molecule has 1 amide bonds. The van der Waals surface area contributed by atoms with E-state index in [-0.39, 0.29) is 10.8 Å². The molecule has 0 aromatic heterocycles. The van der Waals surface area contributed by atoms with E-state index in [4.69, 9.17) is 0 Å². The normalized spacial score (nSPS) is 11.1. The summed E-state index contributed by atoms with van der Waals surface area (Å²) in [6.07, 6.45) is 0.901. The lowest BCUT2D eigenvalue weighted by Gasteiger charge is -2.19. The summed E-state index contributed by atoms with van der Waals surface area (Å²) in [4.78, 5) is 12.7. The Hall–Kier alpha value is -1.99. The zero-order valence-electron chi connectivity index (χ0n) is 14.3. The van der Waals surface area contributed by atoms with Gasteiger partial charge in [-0.1, -0.05) is 25.1 Å². The number of para-hydroxylation sites is 1. The van der Waals surface area contributed by atoms with Gasteiger partial charge in [0, 0.05) is 18.5 Å². The molecule has 0 saturated heterocycles. The van der Waals surface area contributed by atoms with Crippen LogP contribution in [0, 0.1) is 0 Å². The minimum atomic E-state index is -3.61. The second kappa shape index (κ2) is 8.92. The van der Waals surface area contributed by atoms with Crippen molar-refractivity contribution in [2.24, 2.45) is 0 Å². The Morgan fingerprint density at radius 3 is 2.32 bits per heavy atom. The molecule has 0 bridgehead atoms. The fourth-order valence-electron chi connectivity index (χ4n) is 2.11. The van der Waals surface area contributed by atoms with Crippen LogP contribution in [0.5, 0.6) is 0 Å². The number of thioether (sulfide) groups is 1. The lowest BCUT2D eigenvalue weighted by atomic mass is 10.3. The Morgan fingerprint density at radius 1 is 1.08 bits per heavy atom. The number of carbonyl (C=O) groups excluding carboxylic acids is 1. The maximum Gasteiger partial charge on any atom is 0.264 e. The summed E-state index contributed by atoms with van der Waals surface area (Å²) in [5.74, 6) is 0.295. The number of sulfonamides is 1. The van der Waals surface area contributed by atoms with Gasteiger partial charge in [0.25, 0.3) is 10.0 Å². The monoisotopic (exact) mass is 378 g/mol. The average Bonchev–Trinajstić information content (AvgIpc) is 2.65. The van der Waals surface area contributed by atoms with Crippen molar-refractivity contribution in [3.63, 3.8) is 0 Å². The third-order valence-corrected chi connectivity index (χ3v) is 6.36. The van der Waals surface area contributed by atoms with Gasteiger partial charge in [-0.05, 0) is 42.8 Å². The number of anilines is 1. The Labute approximate surface area is 153 Å². The van der Waals surface area contributed by atoms with Crippen LogP contribution >= 0.6 is 11.8 Å². The highest BCUT2D eigenvalue weighted by atomic mass is 32.2. The van der Waals surface area contributed by atoms with Crippen molar-refractivity contribution in [2.45, 2.75) is 23.1 Å². The Balaban J connectivity index is 2.04. The van der Waals surface area contributed by atoms with Gasteiger partial charge < -0.3 is 5.32 Å². The van der Waals surface area contributed by atoms with Crippen LogP contribution in [0.4, 0.5) is 5.69 Å². The summed E-state index contributed by atoms with van der Waals surface area (Å²) in [7, 11) is -2.07. The number of benzene rings is 2. The Kier molecular flexibility index (Phi) is 6.90. The van der Waals surface area contributed by atoms with E-state index in [0.29, 0.717) is 18.0 Å². The summed E-state index contributed by atoms with van der Waals surface area (Å²) >= 11 is 1.38. The zero-order valence-corrected chi connectivity index (χ0v) is 15.9. The van der Waals surface area contributed by atoms with E-state index in [1.54, 1.807) is 48.5 Å². The maximum atomic E-state index is 12.7. The van der Waals surface area contributed by atoms with Gasteiger partial charge in [-0.3, -0.25) is 9.10 Å². The van der Waals surface area contributed by atoms with E-state index in [0.717, 1.165) is 11.3 Å². The third-order valence-electron chi connectivity index (χ3n) is 3.54. The molecule has 0 saturated carbocycles. The number of amides is 1. The molecule has 0 aliphatic carbocycles. The van der Waals surface area contributed by atoms with E-state index in [2.05, 4.69) is 5.32 Å². The highest BCUT2D eigenvalue weighted by Crippen LogP contribution is 2.24. The largest absolute Gasteiger partial charge is 0.355 e. The SMILES string of the molecule is CCCNC(=O)CSc1ccc(S(=O)(=O)N(C)c2ccccc2)cc1. The molecular weight excluding hydrogens is 356 g/mol. The lowest BCUT2D eigenvalue weighted by molar-refractivity contribution is -0.118. The molecule has 2 aromatic carbocycles. The molecule has 5 nitrogen and oxygen atoms in total. The molecule has 0 unspecified atom stereocenters. The van der Waals surface area contributed by atoms with Gasteiger partial charge in [-0.2, -0.15) is 0 Å². The summed E-state index contributed by atoms with van der Waals surface area (Å²) in [5.41, 5.74) is 0.605. The van der Waals surface area contributed by atoms with E-state index in [1.807, 2.05) is 13.0 Å². The van der Waals surface area contributed by atoms with Crippen molar-refractivity contribution in [3.05, 3.63) is 54.6 Å². The predicted octanol–water partition coefficient (Wildman–Crippen LogP) is 3.13. The first-order chi connectivity index (χ1) is 11.9. The van der Waals surface area contributed by atoms with Gasteiger partial charge in [0.15, 0.2) is 0 Å². The molecule has 2 aromatic rings. The summed E-state index contributed by atoms with van der Waals surface area (Å²) in [5, 5.41) is 2.81. The molecule has 0 radical (unpaired) electrons. The number of nitrogens with zero attached hydrogens (tertiary/aromatic N) is 1. The maximum absolute atomic E-state index is 12.7. The number of carbonyl (C=O) groups is 1. The summed E-state index contributed by atoms with van der Waals surface area (Å²) in [6, 6.07) is 15.5. The van der Waals surface area contributed by atoms with Crippen molar-refractivity contribution in [2.75, 3.05) is 23.7 Å². The van der Waals surface area contributed by atoms with Crippen LogP contribution in [0.15, 0.2) is 64.4 Å². The highest BCUT2D eigenvalue weighted by molar-refractivity contribution is 8.00. The number of hydrogen-bond acceptors (Lipinski definition) is 4. The van der Waals surface area contributed by atoms with Crippen molar-refractivity contribution in [1.29, 1.82) is 0 Å². The predicted molar refractivity (Wildman–Crippen MR) is 102 cm³/mol. The third kappa shape index (κ3) is 5.24. The van der Waals surface area contributed by atoms with Crippen LogP contribution in [0.1, 0.15) is 13.3 Å². The molecular formula is C18H22N2O3S2. The first-order valence-electron chi connectivity index (χ1n) is 7.98. The average molecular weight is 379 g/mol. The fraction of sp³-hybridized carbons (Fsp3) is 0.278. The second-order valence-corrected chi connectivity index (χ2v) is 8.44. The van der Waals surface area contributed by atoms with E-state index in [9.17, 15) is 13.2 Å². The molecule has 0 heterocycles. The van der Waals surface area contributed by atoms with Gasteiger partial charge in [0.05, 0.1) is 16.3 Å². The highest BCUT2D eigenvalue weighted by Gasteiger charge is 2.20. The van der Waals surface area contributed by atoms with Gasteiger partial charge in [-0.25, -0.2) is 8.42 Å². The standard InChI is InChI=1S/C18H22N2O3S2/c1-3-13-19-18(21)14-24-16-9-11-17(12-10-16)25(22,23)20(2)15-7-5-4-6-8-15/h4-12H,3,13-14H2,1-2H3,(H,19,21). The number of hydrogen-bond donors (Lipinski definition) is 1. The molecule has 134 valence electrons. The Morgan fingerprint density at radius 2 is 1.72 bits per heavy atom. The molecule has 25 heavy (non-hydrogen) atoms. The first kappa shape index (κ1) is 19.3. The number of rotatable bonds is 8. The van der Waals surface area contributed by atoms with Crippen molar-refractivity contribution < 1.29 is 13.2 Å². The minimum absolute atomic E-state index is 0.0210. The molecule has 0 spiro atoms. The molecule has 0 atom stereocenters. The van der Waals surface area contributed by atoms with Crippen molar-refractivity contribution in [1.82, 2.24) is 5.32 Å². The zero-order chi connectivity index (χ0) is 18.3. The fourth-order valence-corrected chi connectivity index (χ4v) is 4.03. The molecule has 0 aliphatic heterocycles. The van der Waals surface area contributed by atoms with Gasteiger partial charge in [-0.15, -0.1) is 11.8 Å². The van der Waals surface area contributed by atoms with E-state index < -0.39 is 10.0 Å². The minimum Gasteiger partial charge on any atom is -0.355 e. The topological polar surface area (TPSA) is 66.5 Å². The van der Waals surface area contributed by atoms with Crippen LogP contribution in [0.3, 0.4) is 0 Å². The molecule has 0 aliphatic rings. The van der Waals surface area contributed by atoms with Gasteiger partial charge in [0.1, 0.15) is 0 Å². The summed E-state index contributed by atoms with van der Waals surface area (Å²) in [6.45, 7) is 2.67. The first-order valence-corrected chi connectivity index (χ1v) is 10.4. The molecule has 7 heteroatoms. The quantitative estimate of drug-likeness (QED) is 0.717. The summed E-state index contributed by atoms with van der Waals surface area (Å²) < 4.78 is 26.6. The van der Waals surface area contributed by atoms with Crippen LogP contribution in [0.2, 0.25) is 0 Å². The second-order valence-electron chi connectivity index (χ2n) is 5.42. The van der Waals surface area contributed by atoms with Gasteiger partial charge in [0.2, 0.25) is 5.91 Å². The molecule has 1 N–H and O–H groups in total. The van der Waals surface area contributed by atoms with Gasteiger partial charge >= 0.3 is 0 Å². The van der Waals surface area contributed by atoms with Crippen LogP contribution in [0.25, 0.3) is 0 Å². The van der Waals surface area contributed by atoms with Crippen molar-refractivity contribution in [3.8, 4) is 0 Å². The Bertz CT molecular complexity index is 791. The van der Waals surface area contributed by atoms with Crippen LogP contribution in [-0.4, -0.2) is 33.7 Å². The lowest BCUT2D eigenvalue weighted by Crippen LogP contribution is -2.26. The van der Waals surface area contributed by atoms with E-state index >= 15 is 0 Å². The van der Waals surface area contributed by atoms with Crippen LogP contribution < -0.4 is 9.62 Å². The number of nitrogens with one attached hydrogen (secondary N) is 1. The van der Waals surface area contributed by atoms with Crippen molar-refractivity contribution >= 4 is 33.4 Å². The van der Waals surface area contributed by atoms with E-state index in [1.165, 1.54) is 23.1 Å². The van der Waals surface area contributed by atoms with Crippen LogP contribution in [-0.2, 0) is 14.8 Å². The molecule has 2 rings (SSSR count).